The quantitative estimate of drug-likeness (QED) is 0.592. The van der Waals surface area contributed by atoms with Crippen LogP contribution < -0.4 is 10.2 Å². The first kappa shape index (κ1) is 22.9. The maximum absolute atomic E-state index is 12.7. The topological polar surface area (TPSA) is 52.7 Å². The van der Waals surface area contributed by atoms with Crippen LogP contribution in [0.25, 0.3) is 0 Å². The molecule has 0 aliphatic carbocycles. The summed E-state index contributed by atoms with van der Waals surface area (Å²) in [5.41, 5.74) is 4.25. The second-order valence-electron chi connectivity index (χ2n) is 8.38. The molecule has 0 bridgehead atoms. The van der Waals surface area contributed by atoms with E-state index in [2.05, 4.69) is 42.3 Å². The highest BCUT2D eigenvalue weighted by Gasteiger charge is 2.21. The lowest BCUT2D eigenvalue weighted by atomic mass is 10.1. The number of rotatable bonds is 9. The third-order valence-electron chi connectivity index (χ3n) is 6.01. The highest BCUT2D eigenvalue weighted by atomic mass is 16.2. The molecule has 2 amide bonds. The molecule has 2 aromatic rings. The molecule has 1 aliphatic rings. The second kappa shape index (κ2) is 11.5. The highest BCUT2D eigenvalue weighted by molar-refractivity contribution is 5.90. The molecule has 5 heteroatoms. The predicted molar refractivity (Wildman–Crippen MR) is 128 cm³/mol. The van der Waals surface area contributed by atoms with Gasteiger partial charge in [-0.05, 0) is 48.7 Å². The van der Waals surface area contributed by atoms with Gasteiger partial charge in [0.15, 0.2) is 0 Å². The molecule has 1 fully saturated rings. The Kier molecular flexibility index (Phi) is 8.51. The van der Waals surface area contributed by atoms with Crippen molar-refractivity contribution in [3.8, 4) is 0 Å². The number of amides is 2. The van der Waals surface area contributed by atoms with Crippen LogP contribution in [0.5, 0.6) is 0 Å². The Bertz CT molecular complexity index is 855. The smallest absolute Gasteiger partial charge is 0.227 e. The Hall–Kier alpha value is -2.82. The molecule has 0 radical (unpaired) electrons. The number of carbonyl (C=O) groups is 2. The van der Waals surface area contributed by atoms with E-state index in [-0.39, 0.29) is 11.8 Å². The van der Waals surface area contributed by atoms with E-state index in [4.69, 9.17) is 0 Å². The number of anilines is 2. The van der Waals surface area contributed by atoms with Crippen LogP contribution in [-0.4, -0.2) is 42.9 Å². The van der Waals surface area contributed by atoms with E-state index in [1.165, 1.54) is 18.4 Å². The van der Waals surface area contributed by atoms with Crippen LogP contribution in [0.4, 0.5) is 11.4 Å². The minimum Gasteiger partial charge on any atom is -0.368 e. The number of unbranched alkanes of at least 4 members (excludes halogenated alkanes) is 3. The number of nitrogens with one attached hydrogen (secondary N) is 1. The minimum absolute atomic E-state index is 0.0876. The van der Waals surface area contributed by atoms with Crippen LogP contribution in [0.1, 0.15) is 50.2 Å². The van der Waals surface area contributed by atoms with Gasteiger partial charge >= 0.3 is 0 Å². The molecule has 0 saturated carbocycles. The van der Waals surface area contributed by atoms with Gasteiger partial charge in [0, 0.05) is 44.0 Å². The molecule has 0 spiro atoms. The zero-order chi connectivity index (χ0) is 22.1. The number of hydrogen-bond donors (Lipinski definition) is 1. The van der Waals surface area contributed by atoms with Gasteiger partial charge in [-0.1, -0.05) is 50.5 Å². The van der Waals surface area contributed by atoms with Gasteiger partial charge in [-0.15, -0.1) is 0 Å². The highest BCUT2D eigenvalue weighted by Crippen LogP contribution is 2.20. The van der Waals surface area contributed by atoms with Crippen molar-refractivity contribution in [1.82, 2.24) is 4.90 Å². The molecule has 1 heterocycles. The van der Waals surface area contributed by atoms with Crippen LogP contribution in [0.2, 0.25) is 0 Å². The number of aryl methyl sites for hydroxylation is 1. The van der Waals surface area contributed by atoms with Gasteiger partial charge in [-0.25, -0.2) is 0 Å². The molecule has 166 valence electrons. The van der Waals surface area contributed by atoms with Crippen molar-refractivity contribution in [3.63, 3.8) is 0 Å². The summed E-state index contributed by atoms with van der Waals surface area (Å²) < 4.78 is 0. The maximum atomic E-state index is 12.7. The van der Waals surface area contributed by atoms with E-state index in [1.54, 1.807) is 0 Å². The van der Waals surface area contributed by atoms with Crippen molar-refractivity contribution in [2.24, 2.45) is 0 Å². The van der Waals surface area contributed by atoms with Crippen molar-refractivity contribution in [3.05, 3.63) is 59.7 Å². The molecule has 5 nitrogen and oxygen atoms in total. The Balaban J connectivity index is 1.44. The van der Waals surface area contributed by atoms with Crippen LogP contribution in [-0.2, 0) is 16.0 Å². The SMILES string of the molecule is CCCCCCC(=O)Nc1ccc(N2CCN(C(=O)Cc3ccccc3C)CC2)cc1. The Labute approximate surface area is 186 Å². The number of benzene rings is 2. The van der Waals surface area contributed by atoms with E-state index >= 15 is 0 Å². The van der Waals surface area contributed by atoms with Crippen molar-refractivity contribution in [2.45, 2.75) is 52.4 Å². The lowest BCUT2D eigenvalue weighted by Crippen LogP contribution is -2.49. The Morgan fingerprint density at radius 1 is 0.903 bits per heavy atom. The van der Waals surface area contributed by atoms with Crippen molar-refractivity contribution < 1.29 is 9.59 Å². The Morgan fingerprint density at radius 3 is 2.29 bits per heavy atom. The fraction of sp³-hybridized carbons (Fsp3) is 0.462. The van der Waals surface area contributed by atoms with Gasteiger partial charge in [-0.3, -0.25) is 9.59 Å². The number of hydrogen-bond acceptors (Lipinski definition) is 3. The van der Waals surface area contributed by atoms with Crippen molar-refractivity contribution >= 4 is 23.2 Å². The predicted octanol–water partition coefficient (Wildman–Crippen LogP) is 4.80. The summed E-state index contributed by atoms with van der Waals surface area (Å²) in [4.78, 5) is 29.0. The molecule has 1 saturated heterocycles. The molecule has 2 aromatic carbocycles. The monoisotopic (exact) mass is 421 g/mol. The third-order valence-corrected chi connectivity index (χ3v) is 6.01. The average Bonchev–Trinajstić information content (AvgIpc) is 2.79. The zero-order valence-electron chi connectivity index (χ0n) is 18.9. The minimum atomic E-state index is 0.0876. The van der Waals surface area contributed by atoms with Crippen LogP contribution in [0, 0.1) is 6.92 Å². The number of carbonyl (C=O) groups excluding carboxylic acids is 2. The summed E-state index contributed by atoms with van der Waals surface area (Å²) in [5, 5.41) is 2.99. The van der Waals surface area contributed by atoms with E-state index in [9.17, 15) is 9.59 Å². The molecular weight excluding hydrogens is 386 g/mol. The van der Waals surface area contributed by atoms with Crippen molar-refractivity contribution in [1.29, 1.82) is 0 Å². The first-order valence-corrected chi connectivity index (χ1v) is 11.5. The van der Waals surface area contributed by atoms with Gasteiger partial charge in [0.25, 0.3) is 0 Å². The average molecular weight is 422 g/mol. The van der Waals surface area contributed by atoms with Crippen molar-refractivity contribution in [2.75, 3.05) is 36.4 Å². The molecular formula is C26H35N3O2. The largest absolute Gasteiger partial charge is 0.368 e. The summed E-state index contributed by atoms with van der Waals surface area (Å²) >= 11 is 0. The van der Waals surface area contributed by atoms with E-state index in [0.717, 1.165) is 56.0 Å². The lowest BCUT2D eigenvalue weighted by Gasteiger charge is -2.36. The van der Waals surface area contributed by atoms with Gasteiger partial charge in [-0.2, -0.15) is 0 Å². The molecule has 0 aromatic heterocycles. The van der Waals surface area contributed by atoms with Gasteiger partial charge in [0.2, 0.25) is 11.8 Å². The summed E-state index contributed by atoms with van der Waals surface area (Å²) in [7, 11) is 0. The Morgan fingerprint density at radius 2 is 1.61 bits per heavy atom. The fourth-order valence-corrected chi connectivity index (χ4v) is 3.99. The normalized spacial score (nSPS) is 13.9. The summed E-state index contributed by atoms with van der Waals surface area (Å²) in [6.07, 6.45) is 5.48. The van der Waals surface area contributed by atoms with Crippen LogP contribution in [0.3, 0.4) is 0 Å². The zero-order valence-corrected chi connectivity index (χ0v) is 18.9. The van der Waals surface area contributed by atoms with Crippen LogP contribution in [0.15, 0.2) is 48.5 Å². The van der Waals surface area contributed by atoms with Gasteiger partial charge in [0.05, 0.1) is 6.42 Å². The molecule has 0 atom stereocenters. The summed E-state index contributed by atoms with van der Waals surface area (Å²) in [6.45, 7) is 7.34. The number of piperazine rings is 1. The first-order chi connectivity index (χ1) is 15.1. The second-order valence-corrected chi connectivity index (χ2v) is 8.38. The molecule has 0 unspecified atom stereocenters. The van der Waals surface area contributed by atoms with Crippen LogP contribution >= 0.6 is 0 Å². The third kappa shape index (κ3) is 6.84. The number of nitrogens with zero attached hydrogens (tertiary/aromatic N) is 2. The van der Waals surface area contributed by atoms with E-state index in [0.29, 0.717) is 12.8 Å². The maximum Gasteiger partial charge on any atom is 0.227 e. The standard InChI is InChI=1S/C26H35N3O2/c1-3-4-5-6-11-25(30)27-23-12-14-24(15-13-23)28-16-18-29(19-17-28)26(31)20-22-10-8-7-9-21(22)2/h7-10,12-15H,3-6,11,16-20H2,1-2H3,(H,27,30). The summed E-state index contributed by atoms with van der Waals surface area (Å²) in [6, 6.07) is 16.1. The fourth-order valence-electron chi connectivity index (χ4n) is 3.99. The van der Waals surface area contributed by atoms with E-state index in [1.807, 2.05) is 35.2 Å². The molecule has 31 heavy (non-hydrogen) atoms. The van der Waals surface area contributed by atoms with Gasteiger partial charge in [0.1, 0.15) is 0 Å². The molecule has 1 aliphatic heterocycles. The summed E-state index contributed by atoms with van der Waals surface area (Å²) in [5.74, 6) is 0.288. The van der Waals surface area contributed by atoms with E-state index < -0.39 is 0 Å². The molecule has 1 N–H and O–H groups in total. The first-order valence-electron chi connectivity index (χ1n) is 11.5. The molecule has 3 rings (SSSR count). The lowest BCUT2D eigenvalue weighted by molar-refractivity contribution is -0.130. The van der Waals surface area contributed by atoms with Gasteiger partial charge < -0.3 is 15.1 Å².